The van der Waals surface area contributed by atoms with Crippen LogP contribution in [0.4, 0.5) is 0 Å². The summed E-state index contributed by atoms with van der Waals surface area (Å²) in [4.78, 5) is 12.8. The van der Waals surface area contributed by atoms with Gasteiger partial charge in [0.1, 0.15) is 24.0 Å². The third-order valence-electron chi connectivity index (χ3n) is 4.94. The van der Waals surface area contributed by atoms with E-state index in [1.807, 2.05) is 24.3 Å². The van der Waals surface area contributed by atoms with Crippen molar-refractivity contribution >= 4 is 21.9 Å². The molecule has 0 saturated heterocycles. The Hall–Kier alpha value is -3.44. The summed E-state index contributed by atoms with van der Waals surface area (Å²) in [6.07, 6.45) is 0. The summed E-state index contributed by atoms with van der Waals surface area (Å²) in [7, 11) is 1.53. The van der Waals surface area contributed by atoms with Crippen LogP contribution in [-0.2, 0) is 20.9 Å². The van der Waals surface area contributed by atoms with E-state index < -0.39 is 11.9 Å². The Morgan fingerprint density at radius 2 is 1.97 bits per heavy atom. The molecular weight excluding hydrogens is 476 g/mol. The monoisotopic (exact) mass is 498 g/mol. The van der Waals surface area contributed by atoms with E-state index in [2.05, 4.69) is 22.0 Å². The van der Waals surface area contributed by atoms with E-state index in [-0.39, 0.29) is 36.0 Å². The molecule has 2 aromatic carbocycles. The van der Waals surface area contributed by atoms with Crippen LogP contribution in [-0.4, -0.2) is 19.7 Å². The Labute approximate surface area is 195 Å². The Balaban J connectivity index is 2.12. The molecule has 0 saturated carbocycles. The molecule has 0 spiro atoms. The van der Waals surface area contributed by atoms with Crippen molar-refractivity contribution in [2.75, 3.05) is 13.7 Å². The number of hydrogen-bond acceptors (Lipinski definition) is 7. The minimum absolute atomic E-state index is 0.0651. The van der Waals surface area contributed by atoms with Gasteiger partial charge in [-0.15, -0.1) is 0 Å². The van der Waals surface area contributed by atoms with Crippen LogP contribution in [0.1, 0.15) is 30.9 Å². The number of benzene rings is 2. The van der Waals surface area contributed by atoms with Gasteiger partial charge in [0.05, 0.1) is 25.2 Å². The zero-order chi connectivity index (χ0) is 23.3. The fourth-order valence-corrected chi connectivity index (χ4v) is 3.74. The van der Waals surface area contributed by atoms with Gasteiger partial charge in [-0.3, -0.25) is 0 Å². The van der Waals surface area contributed by atoms with Gasteiger partial charge in [0, 0.05) is 10.0 Å². The van der Waals surface area contributed by atoms with Crippen molar-refractivity contribution in [1.82, 2.24) is 0 Å². The third kappa shape index (κ3) is 4.73. The maximum Gasteiger partial charge on any atom is 0.338 e. The number of halogens is 1. The highest BCUT2D eigenvalue weighted by Crippen LogP contribution is 2.46. The molecule has 2 aromatic rings. The fraction of sp³-hybridized carbons (Fsp3) is 0.250. The topological polar surface area (TPSA) is 104 Å². The molecule has 32 heavy (non-hydrogen) atoms. The second-order valence-corrected chi connectivity index (χ2v) is 7.82. The zero-order valence-corrected chi connectivity index (χ0v) is 19.6. The van der Waals surface area contributed by atoms with Crippen LogP contribution >= 0.6 is 15.9 Å². The van der Waals surface area contributed by atoms with E-state index in [0.29, 0.717) is 17.1 Å². The van der Waals surface area contributed by atoms with Gasteiger partial charge in [0.25, 0.3) is 0 Å². The molecule has 1 aliphatic rings. The van der Waals surface area contributed by atoms with Crippen LogP contribution in [0.25, 0.3) is 0 Å². The standard InChI is InChI=1S/C24H23BrN2O5/c1-4-30-24(28)20-14(2)32-23(27)18(12-26)21(20)17-6-5-7-19(29-3)22(17)31-13-15-8-10-16(25)11-9-15/h5-11,21H,4,13,27H2,1-3H3. The lowest BCUT2D eigenvalue weighted by Crippen LogP contribution is -2.26. The van der Waals surface area contributed by atoms with Crippen molar-refractivity contribution in [3.63, 3.8) is 0 Å². The van der Waals surface area contributed by atoms with Crippen LogP contribution in [0.15, 0.2) is 69.7 Å². The van der Waals surface area contributed by atoms with Gasteiger partial charge < -0.3 is 24.7 Å². The van der Waals surface area contributed by atoms with E-state index in [1.54, 1.807) is 32.0 Å². The molecule has 1 atom stereocenters. The van der Waals surface area contributed by atoms with Gasteiger partial charge in [-0.1, -0.05) is 40.2 Å². The van der Waals surface area contributed by atoms with E-state index in [0.717, 1.165) is 10.0 Å². The summed E-state index contributed by atoms with van der Waals surface area (Å²) in [6, 6.07) is 15.1. The second kappa shape index (κ2) is 10.2. The SMILES string of the molecule is CCOC(=O)C1=C(C)OC(N)=C(C#N)C1c1cccc(OC)c1OCc1ccc(Br)cc1. The molecule has 1 heterocycles. The molecule has 0 fully saturated rings. The van der Waals surface area contributed by atoms with Crippen LogP contribution in [0.3, 0.4) is 0 Å². The third-order valence-corrected chi connectivity index (χ3v) is 5.47. The van der Waals surface area contributed by atoms with Crippen molar-refractivity contribution < 1.29 is 23.7 Å². The smallest absolute Gasteiger partial charge is 0.338 e. The summed E-state index contributed by atoms with van der Waals surface area (Å²) in [5.74, 6) is -0.348. The number of nitrogens with two attached hydrogens (primary N) is 1. The minimum atomic E-state index is -0.831. The Kier molecular flexibility index (Phi) is 7.44. The average Bonchev–Trinajstić information content (AvgIpc) is 2.78. The molecule has 2 N–H and O–H groups in total. The number of nitrogens with zero attached hydrogens (tertiary/aromatic N) is 1. The minimum Gasteiger partial charge on any atom is -0.493 e. The number of hydrogen-bond donors (Lipinski definition) is 1. The van der Waals surface area contributed by atoms with Crippen LogP contribution in [0.2, 0.25) is 0 Å². The molecule has 0 aliphatic carbocycles. The first kappa shape index (κ1) is 23.2. The molecule has 0 bridgehead atoms. The largest absolute Gasteiger partial charge is 0.493 e. The lowest BCUT2D eigenvalue weighted by atomic mass is 9.82. The zero-order valence-electron chi connectivity index (χ0n) is 18.0. The van der Waals surface area contributed by atoms with Crippen LogP contribution in [0.5, 0.6) is 11.5 Å². The highest BCUT2D eigenvalue weighted by Gasteiger charge is 2.38. The number of rotatable bonds is 7. The van der Waals surface area contributed by atoms with Crippen molar-refractivity contribution in [2.45, 2.75) is 26.4 Å². The van der Waals surface area contributed by atoms with Gasteiger partial charge >= 0.3 is 5.97 Å². The molecule has 0 amide bonds. The second-order valence-electron chi connectivity index (χ2n) is 6.91. The molecule has 0 aromatic heterocycles. The Bertz CT molecular complexity index is 1120. The molecule has 8 heteroatoms. The Morgan fingerprint density at radius 1 is 1.25 bits per heavy atom. The number of carbonyl (C=O) groups excluding carboxylic acids is 1. The molecular formula is C24H23BrN2O5. The number of carbonyl (C=O) groups is 1. The molecule has 0 radical (unpaired) electrons. The number of nitriles is 1. The quantitative estimate of drug-likeness (QED) is 0.552. The summed E-state index contributed by atoms with van der Waals surface area (Å²) >= 11 is 3.42. The summed E-state index contributed by atoms with van der Waals surface area (Å²) in [5.41, 5.74) is 7.79. The van der Waals surface area contributed by atoms with Crippen LogP contribution < -0.4 is 15.2 Å². The number of ether oxygens (including phenoxy) is 4. The number of methoxy groups -OCH3 is 1. The first-order valence-corrected chi connectivity index (χ1v) is 10.7. The molecule has 3 rings (SSSR count). The van der Waals surface area contributed by atoms with Crippen molar-refractivity contribution in [2.24, 2.45) is 5.73 Å². The first-order chi connectivity index (χ1) is 15.4. The summed E-state index contributed by atoms with van der Waals surface area (Å²) < 4.78 is 23.4. The van der Waals surface area contributed by atoms with Gasteiger partial charge in [-0.05, 0) is 37.6 Å². The first-order valence-electron chi connectivity index (χ1n) is 9.90. The van der Waals surface area contributed by atoms with E-state index in [9.17, 15) is 10.1 Å². The maximum absolute atomic E-state index is 12.8. The van der Waals surface area contributed by atoms with E-state index in [1.165, 1.54) is 7.11 Å². The normalized spacial score (nSPS) is 15.7. The lowest BCUT2D eigenvalue weighted by molar-refractivity contribution is -0.139. The van der Waals surface area contributed by atoms with Gasteiger partial charge in [-0.25, -0.2) is 4.79 Å². The number of allylic oxidation sites excluding steroid dienone is 2. The van der Waals surface area contributed by atoms with Gasteiger partial charge in [0.15, 0.2) is 11.5 Å². The highest BCUT2D eigenvalue weighted by atomic mass is 79.9. The highest BCUT2D eigenvalue weighted by molar-refractivity contribution is 9.10. The molecule has 1 aliphatic heterocycles. The van der Waals surface area contributed by atoms with Gasteiger partial charge in [-0.2, -0.15) is 5.26 Å². The predicted octanol–water partition coefficient (Wildman–Crippen LogP) is 4.68. The molecule has 7 nitrogen and oxygen atoms in total. The van der Waals surface area contributed by atoms with Crippen molar-refractivity contribution in [3.8, 4) is 17.6 Å². The molecule has 166 valence electrons. The summed E-state index contributed by atoms with van der Waals surface area (Å²) in [6.45, 7) is 3.75. The van der Waals surface area contributed by atoms with Gasteiger partial charge in [0.2, 0.25) is 5.88 Å². The predicted molar refractivity (Wildman–Crippen MR) is 121 cm³/mol. The average molecular weight is 499 g/mol. The fourth-order valence-electron chi connectivity index (χ4n) is 3.48. The van der Waals surface area contributed by atoms with E-state index in [4.69, 9.17) is 24.7 Å². The van der Waals surface area contributed by atoms with E-state index >= 15 is 0 Å². The number of para-hydroxylation sites is 1. The Morgan fingerprint density at radius 3 is 2.59 bits per heavy atom. The number of esters is 1. The molecule has 1 unspecified atom stereocenters. The maximum atomic E-state index is 12.8. The summed E-state index contributed by atoms with van der Waals surface area (Å²) in [5, 5.41) is 9.84. The lowest BCUT2D eigenvalue weighted by Gasteiger charge is -2.28. The van der Waals surface area contributed by atoms with Crippen molar-refractivity contribution in [3.05, 3.63) is 80.9 Å². The van der Waals surface area contributed by atoms with Crippen LogP contribution in [0, 0.1) is 11.3 Å². The van der Waals surface area contributed by atoms with Crippen molar-refractivity contribution in [1.29, 1.82) is 5.26 Å².